The van der Waals surface area contributed by atoms with Crippen molar-refractivity contribution < 1.29 is 29.3 Å². The second-order valence-corrected chi connectivity index (χ2v) is 7.08. The van der Waals surface area contributed by atoms with Gasteiger partial charge in [0, 0.05) is 11.1 Å². The van der Waals surface area contributed by atoms with Gasteiger partial charge in [-0.05, 0) is 43.7 Å². The number of nitrogens with one attached hydrogen (secondary N) is 1. The van der Waals surface area contributed by atoms with Crippen molar-refractivity contribution in [2.45, 2.75) is 26.4 Å². The molecule has 8 nitrogen and oxygen atoms in total. The molecule has 164 valence electrons. The quantitative estimate of drug-likeness (QED) is 0.418. The third-order valence-electron chi connectivity index (χ3n) is 4.68. The van der Waals surface area contributed by atoms with Crippen molar-refractivity contribution in [2.75, 3.05) is 24.8 Å². The van der Waals surface area contributed by atoms with Gasteiger partial charge in [0.25, 0.3) is 11.8 Å². The number of aliphatic hydroxyl groups is 2. The van der Waals surface area contributed by atoms with Gasteiger partial charge >= 0.3 is 0 Å². The Bertz CT molecular complexity index is 974. The summed E-state index contributed by atoms with van der Waals surface area (Å²) in [6.45, 7) is 3.70. The van der Waals surface area contributed by atoms with Crippen LogP contribution in [0.2, 0.25) is 0 Å². The highest BCUT2D eigenvalue weighted by molar-refractivity contribution is 6.31. The van der Waals surface area contributed by atoms with Gasteiger partial charge in [-0.25, -0.2) is 5.01 Å². The predicted octanol–water partition coefficient (Wildman–Crippen LogP) is 1.98. The van der Waals surface area contributed by atoms with E-state index < -0.39 is 24.5 Å². The van der Waals surface area contributed by atoms with E-state index in [1.807, 2.05) is 13.0 Å². The van der Waals surface area contributed by atoms with Crippen molar-refractivity contribution in [3.05, 3.63) is 59.2 Å². The Hall–Kier alpha value is -3.36. The molecule has 1 heterocycles. The maximum atomic E-state index is 12.9. The molecular weight excluding hydrogens is 400 g/mol. The minimum absolute atomic E-state index is 0.0435. The molecule has 2 aromatic rings. The van der Waals surface area contributed by atoms with E-state index >= 15 is 0 Å². The molecule has 1 atom stereocenters. The fourth-order valence-electron chi connectivity index (χ4n) is 3.07. The molecule has 1 fully saturated rings. The third kappa shape index (κ3) is 5.04. The molecule has 0 aliphatic carbocycles. The Morgan fingerprint density at radius 3 is 2.55 bits per heavy atom. The van der Waals surface area contributed by atoms with Crippen molar-refractivity contribution in [2.24, 2.45) is 0 Å². The van der Waals surface area contributed by atoms with Crippen molar-refractivity contribution in [1.82, 2.24) is 5.43 Å². The van der Waals surface area contributed by atoms with Gasteiger partial charge in [-0.15, -0.1) is 0 Å². The van der Waals surface area contributed by atoms with Gasteiger partial charge in [0.2, 0.25) is 0 Å². The third-order valence-corrected chi connectivity index (χ3v) is 4.68. The van der Waals surface area contributed by atoms with E-state index in [0.717, 1.165) is 6.42 Å². The summed E-state index contributed by atoms with van der Waals surface area (Å²) in [5.41, 5.74) is 4.22. The molecule has 0 saturated carbocycles. The molecule has 0 radical (unpaired) electrons. The predicted molar refractivity (Wildman–Crippen MR) is 116 cm³/mol. The monoisotopic (exact) mass is 426 g/mol. The first-order valence-corrected chi connectivity index (χ1v) is 10.1. The number of carbonyl (C=O) groups is 2. The molecule has 8 heteroatoms. The van der Waals surface area contributed by atoms with Crippen LogP contribution in [0.1, 0.15) is 24.5 Å². The highest BCUT2D eigenvalue weighted by Gasteiger charge is 2.34. The number of hydrazine groups is 1. The van der Waals surface area contributed by atoms with E-state index in [0.29, 0.717) is 34.9 Å². The molecule has 2 aromatic carbocycles. The van der Waals surface area contributed by atoms with Crippen LogP contribution in [0.3, 0.4) is 0 Å². The highest BCUT2D eigenvalue weighted by atomic mass is 16.5. The first kappa shape index (κ1) is 22.3. The van der Waals surface area contributed by atoms with Crippen LogP contribution in [0, 0.1) is 6.92 Å². The van der Waals surface area contributed by atoms with E-state index in [1.165, 1.54) is 11.1 Å². The fourth-order valence-corrected chi connectivity index (χ4v) is 3.07. The van der Waals surface area contributed by atoms with Gasteiger partial charge < -0.3 is 19.7 Å². The summed E-state index contributed by atoms with van der Waals surface area (Å²) in [6.07, 6.45) is 1.22. The number of hydrogen-bond donors (Lipinski definition) is 3. The second kappa shape index (κ2) is 10.1. The summed E-state index contributed by atoms with van der Waals surface area (Å²) in [4.78, 5) is 25.4. The lowest BCUT2D eigenvalue weighted by molar-refractivity contribution is -0.117. The number of benzene rings is 2. The van der Waals surface area contributed by atoms with E-state index in [-0.39, 0.29) is 12.2 Å². The van der Waals surface area contributed by atoms with Gasteiger partial charge in [0.1, 0.15) is 29.8 Å². The Morgan fingerprint density at radius 1 is 1.13 bits per heavy atom. The molecule has 1 saturated heterocycles. The Labute approximate surface area is 180 Å². The summed E-state index contributed by atoms with van der Waals surface area (Å²) in [5, 5.41) is 20.0. The number of para-hydroxylation sites is 1. The molecule has 2 amide bonds. The van der Waals surface area contributed by atoms with Gasteiger partial charge in [-0.3, -0.25) is 15.0 Å². The number of amides is 2. The maximum Gasteiger partial charge on any atom is 0.282 e. The smallest absolute Gasteiger partial charge is 0.282 e. The second-order valence-electron chi connectivity index (χ2n) is 7.08. The summed E-state index contributed by atoms with van der Waals surface area (Å²) < 4.78 is 11.5. The average molecular weight is 426 g/mol. The molecule has 1 aliphatic rings. The summed E-state index contributed by atoms with van der Waals surface area (Å²) >= 11 is 0. The summed E-state index contributed by atoms with van der Waals surface area (Å²) in [5.74, 6) is -0.0429. The summed E-state index contributed by atoms with van der Waals surface area (Å²) in [7, 11) is 0. The number of carbonyl (C=O) groups excluding carboxylic acids is 2. The van der Waals surface area contributed by atoms with Gasteiger partial charge in [0.15, 0.2) is 0 Å². The lowest BCUT2D eigenvalue weighted by atomic mass is 10.0. The largest absolute Gasteiger partial charge is 0.493 e. The first-order valence-electron chi connectivity index (χ1n) is 10.1. The summed E-state index contributed by atoms with van der Waals surface area (Å²) in [6, 6.07) is 12.2. The zero-order valence-electron chi connectivity index (χ0n) is 17.5. The zero-order valence-corrected chi connectivity index (χ0v) is 17.5. The van der Waals surface area contributed by atoms with Crippen LogP contribution in [-0.4, -0.2) is 48.0 Å². The lowest BCUT2D eigenvalue weighted by Gasteiger charge is -2.17. The first-order chi connectivity index (χ1) is 15.0. The van der Waals surface area contributed by atoms with Crippen molar-refractivity contribution >= 4 is 23.6 Å². The van der Waals surface area contributed by atoms with E-state index in [1.54, 1.807) is 43.3 Å². The van der Waals surface area contributed by atoms with Crippen molar-refractivity contribution in [3.8, 4) is 11.5 Å². The molecule has 3 rings (SSSR count). The van der Waals surface area contributed by atoms with Gasteiger partial charge in [-0.1, -0.05) is 25.1 Å². The van der Waals surface area contributed by atoms with Crippen molar-refractivity contribution in [3.63, 3.8) is 0 Å². The Morgan fingerprint density at radius 2 is 1.87 bits per heavy atom. The zero-order chi connectivity index (χ0) is 22.4. The van der Waals surface area contributed by atoms with Crippen LogP contribution >= 0.6 is 0 Å². The number of rotatable bonds is 9. The molecule has 0 aromatic heterocycles. The number of nitrogens with zero attached hydrogens (tertiary/aromatic N) is 1. The van der Waals surface area contributed by atoms with Crippen LogP contribution in [0.4, 0.5) is 5.69 Å². The Kier molecular flexibility index (Phi) is 7.28. The topological polar surface area (TPSA) is 108 Å². The van der Waals surface area contributed by atoms with Gasteiger partial charge in [-0.2, -0.15) is 0 Å². The molecule has 0 spiro atoms. The molecule has 1 unspecified atom stereocenters. The number of hydrogen-bond acceptors (Lipinski definition) is 6. The molecule has 31 heavy (non-hydrogen) atoms. The van der Waals surface area contributed by atoms with E-state index in [9.17, 15) is 14.7 Å². The average Bonchev–Trinajstić information content (AvgIpc) is 3.06. The molecule has 3 N–H and O–H groups in total. The maximum absolute atomic E-state index is 12.9. The van der Waals surface area contributed by atoms with E-state index in [4.69, 9.17) is 14.6 Å². The Balaban J connectivity index is 1.96. The van der Waals surface area contributed by atoms with Crippen LogP contribution < -0.4 is 19.9 Å². The van der Waals surface area contributed by atoms with Crippen LogP contribution in [-0.2, 0) is 9.59 Å². The molecule has 1 aliphatic heterocycles. The standard InChI is InChI=1S/C23H26N2O6/c1-3-11-30-20-10-9-16(21(15(20)2)31-14-18(27)13-26)12-19-22(28)24-25(23(19)29)17-7-5-4-6-8-17/h4-10,12,18,26-27H,3,11,13-14H2,1-2H3,(H,24,28)/b19-12+. The lowest BCUT2D eigenvalue weighted by Crippen LogP contribution is -2.35. The number of anilines is 1. The minimum atomic E-state index is -1.06. The van der Waals surface area contributed by atoms with Gasteiger partial charge in [0.05, 0.1) is 18.9 Å². The van der Waals surface area contributed by atoms with Crippen LogP contribution in [0.15, 0.2) is 48.0 Å². The van der Waals surface area contributed by atoms with E-state index in [2.05, 4.69) is 5.43 Å². The minimum Gasteiger partial charge on any atom is -0.493 e. The van der Waals surface area contributed by atoms with Crippen LogP contribution in [0.5, 0.6) is 11.5 Å². The number of aliphatic hydroxyl groups excluding tert-OH is 2. The SMILES string of the molecule is CCCOc1ccc(/C=C2\C(=O)NN(c3ccccc3)C2=O)c(OCC(O)CO)c1C. The highest BCUT2D eigenvalue weighted by Crippen LogP contribution is 2.34. The molecular formula is C23H26N2O6. The van der Waals surface area contributed by atoms with Crippen LogP contribution in [0.25, 0.3) is 6.08 Å². The molecule has 0 bridgehead atoms. The van der Waals surface area contributed by atoms with Crippen molar-refractivity contribution in [1.29, 1.82) is 0 Å². The number of ether oxygens (including phenoxy) is 2. The fraction of sp³-hybridized carbons (Fsp3) is 0.304. The normalized spacial score (nSPS) is 15.9.